The number of aryl methyl sites for hydroxylation is 1. The minimum atomic E-state index is -0.874. The number of hydrogen-bond donors (Lipinski definition) is 5. The van der Waals surface area contributed by atoms with Crippen molar-refractivity contribution in [2.45, 2.75) is 129 Å². The predicted molar refractivity (Wildman–Crippen MR) is 288 cm³/mol. The van der Waals surface area contributed by atoms with Crippen LogP contribution in [0, 0.1) is 12.3 Å². The first-order valence-electron chi connectivity index (χ1n) is 25.6. The summed E-state index contributed by atoms with van der Waals surface area (Å²) in [6, 6.07) is 22.8. The van der Waals surface area contributed by atoms with Crippen LogP contribution in [-0.4, -0.2) is 117 Å². The summed E-state index contributed by atoms with van der Waals surface area (Å²) in [7, 11) is 3.91. The molecule has 6 rings (SSSR count). The highest BCUT2D eigenvalue weighted by atomic mass is 32.1. The Hall–Kier alpha value is -6.59. The quantitative estimate of drug-likeness (QED) is 0.0349. The highest BCUT2D eigenvalue weighted by Crippen LogP contribution is 2.32. The number of nitrogen functional groups attached to an aromatic ring is 1. The number of ether oxygens (including phenoxy) is 1. The molecule has 16 nitrogen and oxygen atoms in total. The Bertz CT molecular complexity index is 2600. The maximum absolute atomic E-state index is 14.1. The van der Waals surface area contributed by atoms with Crippen molar-refractivity contribution in [3.63, 3.8) is 0 Å². The molecule has 5 aromatic rings. The van der Waals surface area contributed by atoms with E-state index in [0.29, 0.717) is 49.4 Å². The fourth-order valence-corrected chi connectivity index (χ4v) is 9.84. The molecule has 1 aliphatic rings. The van der Waals surface area contributed by atoms with Crippen LogP contribution in [0.15, 0.2) is 84.4 Å². The normalized spacial score (nSPS) is 15.4. The number of nitrogens with two attached hydrogens (primary N) is 1. The maximum Gasteiger partial charge on any atom is 0.246 e. The molecule has 6 N–H and O–H groups in total. The van der Waals surface area contributed by atoms with Crippen LogP contribution in [0.1, 0.15) is 115 Å². The number of phenolic OH excluding ortho intramolecular Hbond substituents is 1. The van der Waals surface area contributed by atoms with E-state index in [-0.39, 0.29) is 60.6 Å². The largest absolute Gasteiger partial charge is 0.507 e. The molecule has 0 spiro atoms. The Balaban J connectivity index is 0.826. The summed E-state index contributed by atoms with van der Waals surface area (Å²) in [6.07, 6.45) is 6.73. The third kappa shape index (κ3) is 16.0. The molecule has 1 saturated heterocycles. The molecule has 4 amide bonds. The lowest BCUT2D eigenvalue weighted by molar-refractivity contribution is -0.144. The van der Waals surface area contributed by atoms with Crippen molar-refractivity contribution in [3.05, 3.63) is 101 Å². The molecule has 1 fully saturated rings. The number of anilines is 2. The zero-order valence-electron chi connectivity index (χ0n) is 43.6. The highest BCUT2D eigenvalue weighted by Gasteiger charge is 2.44. The van der Waals surface area contributed by atoms with Gasteiger partial charge in [-0.25, -0.2) is 4.98 Å². The van der Waals surface area contributed by atoms with Crippen molar-refractivity contribution in [1.82, 2.24) is 35.6 Å². The summed E-state index contributed by atoms with van der Waals surface area (Å²) in [4.78, 5) is 64.8. The number of rotatable bonds is 25. The van der Waals surface area contributed by atoms with Crippen molar-refractivity contribution in [3.8, 4) is 33.2 Å². The van der Waals surface area contributed by atoms with Crippen LogP contribution in [0.25, 0.3) is 21.7 Å². The SMILES string of the molecule is Cc1ncsc1-c1ccc([C@H](C)NC(=O)[C@@H]2C[C@@H](O)CN2C(=O)[C@@H](NC(=O)CCCCCCCCC(=O)N(C)CCCN(C)c2ccc(CCOc3cc(-c4ccccc4O)nnc3N)cc2)C(C)(C)C)cc1. The van der Waals surface area contributed by atoms with E-state index in [1.165, 1.54) is 4.90 Å². The molecule has 1 aliphatic heterocycles. The van der Waals surface area contributed by atoms with Gasteiger partial charge in [-0.15, -0.1) is 21.5 Å². The first-order valence-corrected chi connectivity index (χ1v) is 26.4. The number of benzene rings is 3. The summed E-state index contributed by atoms with van der Waals surface area (Å²) >= 11 is 1.58. The first kappa shape index (κ1) is 55.7. The summed E-state index contributed by atoms with van der Waals surface area (Å²) < 4.78 is 5.95. The molecule has 3 aromatic carbocycles. The average molecular weight is 1020 g/mol. The molecule has 2 aromatic heterocycles. The third-order valence-electron chi connectivity index (χ3n) is 13.5. The molecule has 3 heterocycles. The van der Waals surface area contributed by atoms with Crippen LogP contribution >= 0.6 is 11.3 Å². The number of nitrogens with zero attached hydrogens (tertiary/aromatic N) is 6. The number of nitrogens with one attached hydrogen (secondary N) is 2. The number of hydrogen-bond acceptors (Lipinski definition) is 13. The summed E-state index contributed by atoms with van der Waals surface area (Å²) in [5.41, 5.74) is 13.4. The Kier molecular flexibility index (Phi) is 20.1. The summed E-state index contributed by atoms with van der Waals surface area (Å²) in [5.74, 6) is -0.0949. The Morgan fingerprint density at radius 2 is 1.58 bits per heavy atom. The number of phenols is 1. The zero-order valence-corrected chi connectivity index (χ0v) is 44.4. The number of aromatic nitrogens is 3. The van der Waals surface area contributed by atoms with Gasteiger partial charge in [-0.1, -0.05) is 95.0 Å². The minimum Gasteiger partial charge on any atom is -0.507 e. The second-order valence-corrected chi connectivity index (χ2v) is 21.2. The van der Waals surface area contributed by atoms with E-state index in [2.05, 4.69) is 55.0 Å². The molecule has 4 atom stereocenters. The number of thiazole rings is 1. The molecule has 392 valence electrons. The van der Waals surface area contributed by atoms with Crippen LogP contribution in [0.3, 0.4) is 0 Å². The van der Waals surface area contributed by atoms with E-state index < -0.39 is 23.6 Å². The zero-order chi connectivity index (χ0) is 52.7. The number of likely N-dealkylation sites (tertiary alicyclic amines) is 1. The number of aliphatic hydroxyl groups excluding tert-OH is 1. The third-order valence-corrected chi connectivity index (χ3v) is 14.5. The van der Waals surface area contributed by atoms with E-state index in [4.69, 9.17) is 10.5 Å². The van der Waals surface area contributed by atoms with Gasteiger partial charge in [0.15, 0.2) is 11.6 Å². The second-order valence-electron chi connectivity index (χ2n) is 20.4. The molecule has 0 radical (unpaired) electrons. The van der Waals surface area contributed by atoms with Gasteiger partial charge in [0.25, 0.3) is 0 Å². The number of carbonyl (C=O) groups is 4. The molecule has 17 heteroatoms. The molecular formula is C56H75N9O7S. The maximum atomic E-state index is 14.1. The number of carbonyl (C=O) groups excluding carboxylic acids is 4. The summed E-state index contributed by atoms with van der Waals surface area (Å²) in [5, 5.41) is 35.0. The topological polar surface area (TPSA) is 216 Å². The van der Waals surface area contributed by atoms with Crippen molar-refractivity contribution in [2.75, 3.05) is 51.0 Å². The number of amides is 4. The van der Waals surface area contributed by atoms with E-state index in [1.54, 1.807) is 35.6 Å². The molecular weight excluding hydrogens is 943 g/mol. The minimum absolute atomic E-state index is 0.0170. The predicted octanol–water partition coefficient (Wildman–Crippen LogP) is 8.26. The number of aliphatic hydroxyl groups is 1. The molecule has 0 bridgehead atoms. The van der Waals surface area contributed by atoms with Crippen molar-refractivity contribution in [2.24, 2.45) is 5.41 Å². The van der Waals surface area contributed by atoms with Gasteiger partial charge in [-0.2, -0.15) is 0 Å². The van der Waals surface area contributed by atoms with E-state index in [1.807, 2.05) is 89.5 Å². The van der Waals surface area contributed by atoms with Crippen LogP contribution in [0.5, 0.6) is 11.5 Å². The lowest BCUT2D eigenvalue weighted by Gasteiger charge is -2.35. The van der Waals surface area contributed by atoms with Gasteiger partial charge >= 0.3 is 0 Å². The van der Waals surface area contributed by atoms with Crippen LogP contribution in [0.4, 0.5) is 11.5 Å². The number of unbranched alkanes of at least 4 members (excludes halogenated alkanes) is 5. The van der Waals surface area contributed by atoms with E-state index >= 15 is 0 Å². The van der Waals surface area contributed by atoms with Gasteiger partial charge in [0.1, 0.15) is 23.5 Å². The van der Waals surface area contributed by atoms with Crippen LogP contribution < -0.4 is 26.0 Å². The number of para-hydroxylation sites is 1. The average Bonchev–Trinajstić information content (AvgIpc) is 3.99. The van der Waals surface area contributed by atoms with E-state index in [9.17, 15) is 29.4 Å². The highest BCUT2D eigenvalue weighted by molar-refractivity contribution is 7.13. The monoisotopic (exact) mass is 1020 g/mol. The van der Waals surface area contributed by atoms with Gasteiger partial charge in [0.05, 0.1) is 34.8 Å². The number of aromatic hydroxyl groups is 1. The number of β-amino-alcohol motifs (C(OH)–C–C–N with tert-alkyl or cyclic N) is 1. The summed E-state index contributed by atoms with van der Waals surface area (Å²) in [6.45, 7) is 11.4. The van der Waals surface area contributed by atoms with Gasteiger partial charge in [-0.05, 0) is 79.5 Å². The van der Waals surface area contributed by atoms with Crippen LogP contribution in [0.2, 0.25) is 0 Å². The van der Waals surface area contributed by atoms with Crippen molar-refractivity contribution < 1.29 is 34.1 Å². The van der Waals surface area contributed by atoms with Gasteiger partial charge in [0, 0.05) is 76.7 Å². The fourth-order valence-electron chi connectivity index (χ4n) is 9.02. The Morgan fingerprint density at radius 1 is 0.890 bits per heavy atom. The van der Waals surface area contributed by atoms with Gasteiger partial charge < -0.3 is 46.0 Å². The Labute approximate surface area is 434 Å². The molecule has 0 aliphatic carbocycles. The van der Waals surface area contributed by atoms with Crippen molar-refractivity contribution >= 4 is 46.5 Å². The van der Waals surface area contributed by atoms with Gasteiger partial charge in [-0.3, -0.25) is 19.2 Å². The first-order chi connectivity index (χ1) is 34.9. The smallest absolute Gasteiger partial charge is 0.246 e. The standard InChI is InChI=1S/C56H75N9O7S/c1-37(40-23-25-41(26-24-40)51-38(2)58-36-73-51)59-54(70)46-33-43(66)35-65(46)55(71)52(56(3,4)5)60-49(68)19-12-10-8-9-11-13-20-50(69)64(7)31-16-30-63(6)42-27-21-39(22-28-42)29-32-72-48-34-45(61-62-53(48)57)44-17-14-15-18-47(44)67/h14-15,17-18,21-28,34,36-37,43,46,52,66-67H,8-13,16,19-20,29-33,35H2,1-7H3,(H2,57,62)(H,59,70)(H,60,68)/t37-,43+,46-,52+/m0/s1. The second kappa shape index (κ2) is 26.4. The molecule has 0 unspecified atom stereocenters. The Morgan fingerprint density at radius 3 is 2.25 bits per heavy atom. The van der Waals surface area contributed by atoms with Crippen LogP contribution in [-0.2, 0) is 25.6 Å². The van der Waals surface area contributed by atoms with E-state index in [0.717, 1.165) is 78.0 Å². The molecule has 0 saturated carbocycles. The van der Waals surface area contributed by atoms with Crippen molar-refractivity contribution in [1.29, 1.82) is 0 Å². The van der Waals surface area contributed by atoms with Gasteiger partial charge in [0.2, 0.25) is 23.6 Å². The molecule has 73 heavy (non-hydrogen) atoms. The lowest BCUT2D eigenvalue weighted by Crippen LogP contribution is -2.57. The lowest BCUT2D eigenvalue weighted by atomic mass is 9.85. The fraction of sp³-hybridized carbons (Fsp3) is 0.482.